The normalized spacial score (nSPS) is 30.1. The van der Waals surface area contributed by atoms with E-state index >= 15 is 0 Å². The monoisotopic (exact) mass is 396 g/mol. The van der Waals surface area contributed by atoms with Crippen LogP contribution in [0.1, 0.15) is 58.4 Å². The van der Waals surface area contributed by atoms with Crippen LogP contribution in [0.15, 0.2) is 22.9 Å². The summed E-state index contributed by atoms with van der Waals surface area (Å²) < 4.78 is 6.41. The van der Waals surface area contributed by atoms with Gasteiger partial charge < -0.3 is 14.7 Å². The maximum Gasteiger partial charge on any atom is 0.410 e. The zero-order valence-electron chi connectivity index (χ0n) is 14.5. The van der Waals surface area contributed by atoms with Crippen molar-refractivity contribution in [3.63, 3.8) is 0 Å². The Labute approximate surface area is 151 Å². The van der Waals surface area contributed by atoms with Gasteiger partial charge in [0.15, 0.2) is 0 Å². The Morgan fingerprint density at radius 3 is 2.54 bits per heavy atom. The highest BCUT2D eigenvalue weighted by Gasteiger charge is 2.49. The van der Waals surface area contributed by atoms with Gasteiger partial charge in [-0.3, -0.25) is 4.98 Å². The summed E-state index contributed by atoms with van der Waals surface area (Å²) >= 11 is 3.50. The lowest BCUT2D eigenvalue weighted by atomic mass is 9.73. The van der Waals surface area contributed by atoms with Crippen molar-refractivity contribution >= 4 is 22.0 Å². The van der Waals surface area contributed by atoms with Gasteiger partial charge in [0, 0.05) is 47.4 Å². The number of rotatable bonds is 1. The molecule has 0 aliphatic carbocycles. The van der Waals surface area contributed by atoms with Crippen molar-refractivity contribution in [3.8, 4) is 0 Å². The highest BCUT2D eigenvalue weighted by molar-refractivity contribution is 9.10. The van der Waals surface area contributed by atoms with Gasteiger partial charge in [0.2, 0.25) is 0 Å². The van der Waals surface area contributed by atoms with Gasteiger partial charge in [-0.2, -0.15) is 0 Å². The first-order valence-electron chi connectivity index (χ1n) is 8.53. The summed E-state index contributed by atoms with van der Waals surface area (Å²) in [7, 11) is 0. The van der Waals surface area contributed by atoms with Gasteiger partial charge in [-0.1, -0.05) is 0 Å². The number of amides is 1. The third-order valence-electron chi connectivity index (χ3n) is 4.89. The smallest absolute Gasteiger partial charge is 0.410 e. The summed E-state index contributed by atoms with van der Waals surface area (Å²) in [4.78, 5) is 18.6. The van der Waals surface area contributed by atoms with Gasteiger partial charge in [0.25, 0.3) is 0 Å². The Balaban J connectivity index is 1.86. The van der Waals surface area contributed by atoms with E-state index in [1.807, 2.05) is 31.7 Å². The van der Waals surface area contributed by atoms with Crippen LogP contribution in [0.2, 0.25) is 0 Å². The summed E-state index contributed by atoms with van der Waals surface area (Å²) in [5.41, 5.74) is -0.582. The fraction of sp³-hybridized carbons (Fsp3) is 0.667. The summed E-state index contributed by atoms with van der Waals surface area (Å²) in [5, 5.41) is 11.3. The molecule has 0 radical (unpaired) electrons. The van der Waals surface area contributed by atoms with E-state index in [1.54, 1.807) is 12.4 Å². The molecule has 6 heteroatoms. The number of piperidine rings is 2. The Morgan fingerprint density at radius 2 is 2.00 bits per heavy atom. The average Bonchev–Trinajstić information content (AvgIpc) is 2.44. The lowest BCUT2D eigenvalue weighted by molar-refractivity contribution is -0.0968. The van der Waals surface area contributed by atoms with Crippen molar-refractivity contribution in [2.75, 3.05) is 0 Å². The minimum atomic E-state index is -0.934. The number of nitrogens with zero attached hydrogens (tertiary/aromatic N) is 2. The van der Waals surface area contributed by atoms with Crippen molar-refractivity contribution in [3.05, 3.63) is 28.5 Å². The average molecular weight is 397 g/mol. The van der Waals surface area contributed by atoms with E-state index in [-0.39, 0.29) is 18.2 Å². The van der Waals surface area contributed by atoms with Crippen LogP contribution in [0.4, 0.5) is 4.79 Å². The van der Waals surface area contributed by atoms with Gasteiger partial charge in [-0.05, 0) is 62.0 Å². The Kier molecular flexibility index (Phi) is 4.64. The molecule has 0 saturated carbocycles. The second-order valence-electron chi connectivity index (χ2n) is 7.92. The predicted molar refractivity (Wildman–Crippen MR) is 94.6 cm³/mol. The lowest BCUT2D eigenvalue weighted by Crippen LogP contribution is -2.59. The van der Waals surface area contributed by atoms with Crippen LogP contribution >= 0.6 is 15.9 Å². The third kappa shape index (κ3) is 3.45. The zero-order valence-corrected chi connectivity index (χ0v) is 16.0. The van der Waals surface area contributed by atoms with Gasteiger partial charge in [0.05, 0.1) is 5.60 Å². The number of carbonyl (C=O) groups is 1. The van der Waals surface area contributed by atoms with E-state index in [0.29, 0.717) is 12.8 Å². The van der Waals surface area contributed by atoms with Crippen LogP contribution in [0.5, 0.6) is 0 Å². The molecule has 3 heterocycles. The Morgan fingerprint density at radius 1 is 1.38 bits per heavy atom. The van der Waals surface area contributed by atoms with Gasteiger partial charge >= 0.3 is 6.09 Å². The zero-order chi connectivity index (χ0) is 17.5. The number of hydrogen-bond donors (Lipinski definition) is 1. The molecule has 3 rings (SSSR count). The predicted octanol–water partition coefficient (Wildman–Crippen LogP) is 3.98. The molecule has 132 valence electrons. The van der Waals surface area contributed by atoms with Crippen LogP contribution < -0.4 is 0 Å². The van der Waals surface area contributed by atoms with Crippen molar-refractivity contribution < 1.29 is 14.6 Å². The standard InChI is InChI=1S/C18H25BrN2O3/c1-17(2,3)24-16(22)21-12-5-4-6-13(21)10-18(23,9-12)14-7-8-20-11-15(14)19/h7-8,11-13,23H,4-6,9-10H2,1-3H3. The number of ether oxygens (including phenoxy) is 1. The highest BCUT2D eigenvalue weighted by Crippen LogP contribution is 2.46. The fourth-order valence-electron chi connectivity index (χ4n) is 4.01. The molecule has 2 saturated heterocycles. The largest absolute Gasteiger partial charge is 0.444 e. The van der Waals surface area contributed by atoms with E-state index < -0.39 is 11.2 Å². The second-order valence-corrected chi connectivity index (χ2v) is 8.78. The molecule has 1 amide bonds. The molecular formula is C18H25BrN2O3. The van der Waals surface area contributed by atoms with Crippen LogP contribution in [0, 0.1) is 0 Å². The van der Waals surface area contributed by atoms with Crippen molar-refractivity contribution in [1.82, 2.24) is 9.88 Å². The lowest BCUT2D eigenvalue weighted by Gasteiger charge is -2.52. The molecule has 2 atom stereocenters. The number of hydrogen-bond acceptors (Lipinski definition) is 4. The SMILES string of the molecule is CC(C)(C)OC(=O)N1C2CCCC1CC(O)(c1ccncc1Br)C2. The molecule has 1 N–H and O–H groups in total. The first-order chi connectivity index (χ1) is 11.2. The molecule has 5 nitrogen and oxygen atoms in total. The minimum Gasteiger partial charge on any atom is -0.444 e. The quantitative estimate of drug-likeness (QED) is 0.779. The molecule has 2 fully saturated rings. The number of aromatic nitrogens is 1. The molecular weight excluding hydrogens is 372 g/mol. The van der Waals surface area contributed by atoms with Crippen LogP contribution in [-0.2, 0) is 10.3 Å². The van der Waals surface area contributed by atoms with Crippen LogP contribution in [0.3, 0.4) is 0 Å². The summed E-state index contributed by atoms with van der Waals surface area (Å²) in [6.07, 6.45) is 7.12. The molecule has 0 spiro atoms. The van der Waals surface area contributed by atoms with E-state index in [1.165, 1.54) is 0 Å². The van der Waals surface area contributed by atoms with Gasteiger partial charge in [-0.25, -0.2) is 4.79 Å². The molecule has 2 unspecified atom stereocenters. The molecule has 1 aromatic rings. The second kappa shape index (κ2) is 6.30. The first-order valence-corrected chi connectivity index (χ1v) is 9.33. The summed E-state index contributed by atoms with van der Waals surface area (Å²) in [5.74, 6) is 0. The maximum absolute atomic E-state index is 12.6. The molecule has 24 heavy (non-hydrogen) atoms. The first kappa shape index (κ1) is 17.7. The van der Waals surface area contributed by atoms with Crippen molar-refractivity contribution in [2.24, 2.45) is 0 Å². The van der Waals surface area contributed by atoms with Crippen molar-refractivity contribution in [1.29, 1.82) is 0 Å². The number of carbonyl (C=O) groups excluding carboxylic acids is 1. The number of halogens is 1. The third-order valence-corrected chi connectivity index (χ3v) is 5.52. The van der Waals surface area contributed by atoms with E-state index in [9.17, 15) is 9.90 Å². The fourth-order valence-corrected chi connectivity index (χ4v) is 4.63. The number of fused-ring (bicyclic) bond motifs is 2. The van der Waals surface area contributed by atoms with Gasteiger partial charge in [-0.15, -0.1) is 0 Å². The summed E-state index contributed by atoms with van der Waals surface area (Å²) in [6.45, 7) is 5.65. The van der Waals surface area contributed by atoms with E-state index in [0.717, 1.165) is 29.3 Å². The van der Waals surface area contributed by atoms with Crippen molar-refractivity contribution in [2.45, 2.75) is 76.2 Å². The molecule has 2 bridgehead atoms. The van der Waals surface area contributed by atoms with E-state index in [4.69, 9.17) is 4.74 Å². The number of pyridine rings is 1. The Hall–Kier alpha value is -1.14. The van der Waals surface area contributed by atoms with Crippen LogP contribution in [-0.4, -0.2) is 38.8 Å². The highest BCUT2D eigenvalue weighted by atomic mass is 79.9. The molecule has 0 aromatic carbocycles. The minimum absolute atomic E-state index is 0.0115. The van der Waals surface area contributed by atoms with Gasteiger partial charge in [0.1, 0.15) is 5.60 Å². The van der Waals surface area contributed by atoms with E-state index in [2.05, 4.69) is 20.9 Å². The molecule has 2 aliphatic heterocycles. The summed E-state index contributed by atoms with van der Waals surface area (Å²) in [6, 6.07) is 1.89. The topological polar surface area (TPSA) is 62.7 Å². The molecule has 2 aliphatic rings. The van der Waals surface area contributed by atoms with Crippen LogP contribution in [0.25, 0.3) is 0 Å². The number of aliphatic hydroxyl groups is 1. The Bertz CT molecular complexity index is 615. The molecule has 1 aromatic heterocycles. The maximum atomic E-state index is 12.6.